The van der Waals surface area contributed by atoms with Crippen molar-refractivity contribution < 1.29 is 4.74 Å². The highest BCUT2D eigenvalue weighted by atomic mass is 79.9. The summed E-state index contributed by atoms with van der Waals surface area (Å²) in [6.07, 6.45) is 4.22. The van der Waals surface area contributed by atoms with Crippen LogP contribution >= 0.6 is 15.9 Å². The van der Waals surface area contributed by atoms with Crippen molar-refractivity contribution in [2.24, 2.45) is 5.10 Å². The quantitative estimate of drug-likeness (QED) is 0.379. The van der Waals surface area contributed by atoms with Gasteiger partial charge in [-0.3, -0.25) is 4.79 Å². The first-order valence-electron chi connectivity index (χ1n) is 9.13. The molecule has 0 saturated heterocycles. The molecule has 5 nitrogen and oxygen atoms in total. The maximum atomic E-state index is 13.1. The van der Waals surface area contributed by atoms with Gasteiger partial charge in [-0.2, -0.15) is 9.78 Å². The zero-order chi connectivity index (χ0) is 20.1. The summed E-state index contributed by atoms with van der Waals surface area (Å²) in [5, 5.41) is 5.00. The Labute approximate surface area is 172 Å². The number of halogens is 1. The third-order valence-electron chi connectivity index (χ3n) is 4.46. The average Bonchev–Trinajstić information content (AvgIpc) is 2.72. The van der Waals surface area contributed by atoms with Crippen LogP contribution in [0.4, 0.5) is 0 Å². The van der Waals surface area contributed by atoms with E-state index in [0.29, 0.717) is 23.3 Å². The molecule has 0 aliphatic heterocycles. The molecular formula is C22H22BrN3O2. The molecule has 3 aromatic rings. The molecule has 0 spiro atoms. The summed E-state index contributed by atoms with van der Waals surface area (Å²) in [4.78, 5) is 17.8. The second kappa shape index (κ2) is 8.97. The highest BCUT2D eigenvalue weighted by Crippen LogP contribution is 2.21. The zero-order valence-corrected chi connectivity index (χ0v) is 17.5. The molecule has 0 aliphatic carbocycles. The smallest absolute Gasteiger partial charge is 0.282 e. The van der Waals surface area contributed by atoms with Crippen LogP contribution in [0.25, 0.3) is 10.9 Å². The fourth-order valence-corrected chi connectivity index (χ4v) is 3.07. The Morgan fingerprint density at radius 1 is 1.29 bits per heavy atom. The molecule has 28 heavy (non-hydrogen) atoms. The van der Waals surface area contributed by atoms with Crippen molar-refractivity contribution in [3.05, 3.63) is 81.3 Å². The van der Waals surface area contributed by atoms with E-state index in [1.807, 2.05) is 43.3 Å². The summed E-state index contributed by atoms with van der Waals surface area (Å²) in [5.41, 5.74) is 1.37. The van der Waals surface area contributed by atoms with Crippen molar-refractivity contribution in [1.82, 2.24) is 9.66 Å². The molecule has 1 aromatic heterocycles. The molecule has 2 aromatic carbocycles. The number of fused-ring (bicyclic) bond motifs is 1. The van der Waals surface area contributed by atoms with Crippen molar-refractivity contribution >= 4 is 33.0 Å². The zero-order valence-electron chi connectivity index (χ0n) is 15.9. The van der Waals surface area contributed by atoms with Gasteiger partial charge in [0.25, 0.3) is 5.56 Å². The van der Waals surface area contributed by atoms with Gasteiger partial charge in [0.15, 0.2) is 0 Å². The van der Waals surface area contributed by atoms with Gasteiger partial charge in [0.05, 0.1) is 17.1 Å². The van der Waals surface area contributed by atoms with Crippen LogP contribution in [-0.2, 0) is 0 Å². The van der Waals surface area contributed by atoms with Gasteiger partial charge in [0.2, 0.25) is 0 Å². The van der Waals surface area contributed by atoms with Gasteiger partial charge < -0.3 is 4.74 Å². The summed E-state index contributed by atoms with van der Waals surface area (Å²) >= 11 is 3.42. The van der Waals surface area contributed by atoms with E-state index in [2.05, 4.69) is 34.5 Å². The molecule has 1 atom stereocenters. The first kappa shape index (κ1) is 20.0. The van der Waals surface area contributed by atoms with E-state index in [-0.39, 0.29) is 11.5 Å². The Kier molecular flexibility index (Phi) is 6.41. The largest absolute Gasteiger partial charge is 0.490 e. The normalized spacial score (nSPS) is 12.4. The molecule has 0 amide bonds. The molecule has 6 heteroatoms. The third kappa shape index (κ3) is 4.39. The Morgan fingerprint density at radius 3 is 2.71 bits per heavy atom. The van der Waals surface area contributed by atoms with Crippen molar-refractivity contribution in [3.8, 4) is 5.75 Å². The van der Waals surface area contributed by atoms with Crippen LogP contribution in [0.3, 0.4) is 0 Å². The Balaban J connectivity index is 2.03. The fraction of sp³-hybridized carbons (Fsp3) is 0.227. The van der Waals surface area contributed by atoms with Crippen LogP contribution in [0.5, 0.6) is 5.75 Å². The predicted octanol–water partition coefficient (Wildman–Crippen LogP) is 5.12. The van der Waals surface area contributed by atoms with Gasteiger partial charge in [-0.25, -0.2) is 4.98 Å². The van der Waals surface area contributed by atoms with Crippen molar-refractivity contribution in [2.45, 2.75) is 26.2 Å². The van der Waals surface area contributed by atoms with E-state index in [1.54, 1.807) is 18.4 Å². The van der Waals surface area contributed by atoms with Gasteiger partial charge in [0, 0.05) is 10.4 Å². The number of benzene rings is 2. The lowest BCUT2D eigenvalue weighted by molar-refractivity contribution is 0.363. The van der Waals surface area contributed by atoms with Gasteiger partial charge in [-0.05, 0) is 54.4 Å². The van der Waals surface area contributed by atoms with E-state index < -0.39 is 0 Å². The van der Waals surface area contributed by atoms with Crippen molar-refractivity contribution in [3.63, 3.8) is 0 Å². The third-order valence-corrected chi connectivity index (χ3v) is 4.95. The lowest BCUT2D eigenvalue weighted by Gasteiger charge is -2.14. The van der Waals surface area contributed by atoms with Crippen LogP contribution in [0.1, 0.15) is 37.6 Å². The van der Waals surface area contributed by atoms with Crippen LogP contribution in [0.2, 0.25) is 0 Å². The molecule has 0 bridgehead atoms. The molecule has 3 rings (SSSR count). The van der Waals surface area contributed by atoms with Crippen molar-refractivity contribution in [2.75, 3.05) is 6.61 Å². The Bertz CT molecular complexity index is 1070. The minimum absolute atomic E-state index is 0.104. The highest BCUT2D eigenvalue weighted by molar-refractivity contribution is 9.10. The molecule has 144 valence electrons. The van der Waals surface area contributed by atoms with Gasteiger partial charge in [-0.1, -0.05) is 42.4 Å². The average molecular weight is 440 g/mol. The number of hydrogen-bond acceptors (Lipinski definition) is 4. The van der Waals surface area contributed by atoms with Crippen molar-refractivity contribution in [1.29, 1.82) is 0 Å². The number of rotatable bonds is 7. The molecule has 0 saturated carbocycles. The minimum Gasteiger partial charge on any atom is -0.490 e. The molecular weight excluding hydrogens is 418 g/mol. The summed E-state index contributed by atoms with van der Waals surface area (Å²) in [6.45, 7) is 8.21. The van der Waals surface area contributed by atoms with E-state index in [4.69, 9.17) is 9.72 Å². The molecule has 0 unspecified atom stereocenters. The number of aromatic nitrogens is 2. The maximum absolute atomic E-state index is 13.1. The van der Waals surface area contributed by atoms with E-state index in [9.17, 15) is 4.79 Å². The van der Waals surface area contributed by atoms with Gasteiger partial charge in [0.1, 0.15) is 18.2 Å². The molecule has 1 heterocycles. The molecule has 0 aliphatic rings. The Hall–Kier alpha value is -2.73. The molecule has 0 fully saturated rings. The van der Waals surface area contributed by atoms with Crippen LogP contribution in [0, 0.1) is 0 Å². The second-order valence-electron chi connectivity index (χ2n) is 6.47. The number of ether oxygens (including phenoxy) is 1. The first-order chi connectivity index (χ1) is 13.5. The summed E-state index contributed by atoms with van der Waals surface area (Å²) < 4.78 is 7.73. The SMILES string of the molecule is C=CCOc1ccc(C=Nn2c([C@@H](C)CC)nc3ccc(Br)cc3c2=O)cc1. The predicted molar refractivity (Wildman–Crippen MR) is 118 cm³/mol. The fourth-order valence-electron chi connectivity index (χ4n) is 2.71. The van der Waals surface area contributed by atoms with Gasteiger partial charge >= 0.3 is 0 Å². The van der Waals surface area contributed by atoms with E-state index in [0.717, 1.165) is 22.2 Å². The van der Waals surface area contributed by atoms with E-state index in [1.165, 1.54) is 4.68 Å². The first-order valence-corrected chi connectivity index (χ1v) is 9.93. The minimum atomic E-state index is -0.177. The monoisotopic (exact) mass is 439 g/mol. The molecule has 0 N–H and O–H groups in total. The standard InChI is InChI=1S/C22H22BrN3O2/c1-4-12-28-18-9-6-16(7-10-18)14-24-26-21(15(3)5-2)25-20-11-8-17(23)13-19(20)22(26)27/h4,6-11,13-15H,1,5,12H2,2-3H3/t15-/m0/s1. The summed E-state index contributed by atoms with van der Waals surface area (Å²) in [7, 11) is 0. The maximum Gasteiger partial charge on any atom is 0.282 e. The van der Waals surface area contributed by atoms with Crippen LogP contribution < -0.4 is 10.3 Å². The summed E-state index contributed by atoms with van der Waals surface area (Å²) in [6, 6.07) is 13.0. The Morgan fingerprint density at radius 2 is 2.04 bits per heavy atom. The van der Waals surface area contributed by atoms with Crippen LogP contribution in [0.15, 0.2) is 69.5 Å². The highest BCUT2D eigenvalue weighted by Gasteiger charge is 2.15. The van der Waals surface area contributed by atoms with E-state index >= 15 is 0 Å². The molecule has 0 radical (unpaired) electrons. The summed E-state index contributed by atoms with van der Waals surface area (Å²) in [5.74, 6) is 1.52. The lowest BCUT2D eigenvalue weighted by atomic mass is 10.1. The lowest BCUT2D eigenvalue weighted by Crippen LogP contribution is -2.23. The van der Waals surface area contributed by atoms with Crippen LogP contribution in [-0.4, -0.2) is 22.5 Å². The topological polar surface area (TPSA) is 56.5 Å². The number of nitrogens with zero attached hydrogens (tertiary/aromatic N) is 3. The second-order valence-corrected chi connectivity index (χ2v) is 7.39. The van der Waals surface area contributed by atoms with Gasteiger partial charge in [-0.15, -0.1) is 0 Å². The number of hydrogen-bond donors (Lipinski definition) is 0.